The minimum atomic E-state index is -1.18. The summed E-state index contributed by atoms with van der Waals surface area (Å²) in [6.07, 6.45) is 3.42. The highest BCUT2D eigenvalue weighted by molar-refractivity contribution is 5.86. The first-order valence-corrected chi connectivity index (χ1v) is 10.3. The molecule has 2 atom stereocenters. The molecular formula is C25H24F2N2O2. The second-order valence-electron chi connectivity index (χ2n) is 7.92. The Kier molecular flexibility index (Phi) is 5.39. The number of hydrogen-bond donors (Lipinski definition) is 2. The Morgan fingerprint density at radius 2 is 1.97 bits per heavy atom. The highest BCUT2D eigenvalue weighted by atomic mass is 19.1. The van der Waals surface area contributed by atoms with Crippen molar-refractivity contribution in [2.45, 2.75) is 38.8 Å². The zero-order valence-electron chi connectivity index (χ0n) is 17.5. The molecular weight excluding hydrogens is 398 g/mol. The minimum Gasteiger partial charge on any atom is -0.478 e. The number of aromatic amines is 1. The van der Waals surface area contributed by atoms with Gasteiger partial charge < -0.3 is 15.0 Å². The number of nitrogens with one attached hydrogen (secondary N) is 1. The number of rotatable bonds is 5. The van der Waals surface area contributed by atoms with E-state index in [1.807, 2.05) is 43.0 Å². The van der Waals surface area contributed by atoms with E-state index in [2.05, 4.69) is 11.6 Å². The summed E-state index contributed by atoms with van der Waals surface area (Å²) in [5, 5.41) is 9.86. The number of aliphatic carboxylic acids is 1. The summed E-state index contributed by atoms with van der Waals surface area (Å²) in [7, 11) is 0. The average molecular weight is 422 g/mol. The van der Waals surface area contributed by atoms with Crippen LogP contribution in [0.25, 0.3) is 17.0 Å². The maximum absolute atomic E-state index is 15.3. The van der Waals surface area contributed by atoms with E-state index in [4.69, 9.17) is 5.11 Å². The van der Waals surface area contributed by atoms with Gasteiger partial charge in [0, 0.05) is 34.4 Å². The molecule has 0 spiro atoms. The quantitative estimate of drug-likeness (QED) is 0.511. The fourth-order valence-corrected chi connectivity index (χ4v) is 4.55. The lowest BCUT2D eigenvalue weighted by Crippen LogP contribution is -2.42. The lowest BCUT2D eigenvalue weighted by Gasteiger charge is -2.43. The Hall–Kier alpha value is -3.41. The Labute approximate surface area is 179 Å². The van der Waals surface area contributed by atoms with Crippen LogP contribution in [-0.2, 0) is 11.2 Å². The highest BCUT2D eigenvalue weighted by Gasteiger charge is 2.38. The lowest BCUT2D eigenvalue weighted by atomic mass is 9.87. The average Bonchev–Trinajstić information content (AvgIpc) is 3.09. The molecule has 6 heteroatoms. The van der Waals surface area contributed by atoms with Gasteiger partial charge in [0.15, 0.2) is 0 Å². The predicted octanol–water partition coefficient (Wildman–Crippen LogP) is 5.80. The van der Waals surface area contributed by atoms with Crippen molar-refractivity contribution in [3.05, 3.63) is 88.8 Å². The normalized spacial score (nSPS) is 18.5. The Balaban J connectivity index is 1.94. The molecule has 1 aromatic heterocycles. The van der Waals surface area contributed by atoms with E-state index in [0.29, 0.717) is 6.42 Å². The third kappa shape index (κ3) is 3.63. The summed E-state index contributed by atoms with van der Waals surface area (Å²) in [5.41, 5.74) is 3.64. The van der Waals surface area contributed by atoms with Gasteiger partial charge in [-0.2, -0.15) is 0 Å². The number of H-pyrrole nitrogens is 1. The molecule has 0 aliphatic carbocycles. The molecule has 3 aromatic rings. The van der Waals surface area contributed by atoms with Crippen LogP contribution in [0.3, 0.4) is 0 Å². The second kappa shape index (κ2) is 8.02. The summed E-state index contributed by atoms with van der Waals surface area (Å²) in [6, 6.07) is 9.50. The number of aromatic nitrogens is 1. The van der Waals surface area contributed by atoms with E-state index in [9.17, 15) is 4.79 Å². The number of allylic oxidation sites excluding steroid dienone is 1. The monoisotopic (exact) mass is 422 g/mol. The first kappa shape index (κ1) is 20.8. The van der Waals surface area contributed by atoms with Crippen LogP contribution in [0.15, 0.2) is 54.8 Å². The van der Waals surface area contributed by atoms with Crippen molar-refractivity contribution in [1.29, 1.82) is 0 Å². The molecule has 0 saturated heterocycles. The van der Waals surface area contributed by atoms with E-state index < -0.39 is 23.6 Å². The minimum absolute atomic E-state index is 0.00506. The van der Waals surface area contributed by atoms with Gasteiger partial charge in [-0.25, -0.2) is 13.6 Å². The SMILES string of the molecule is C=C(CC)N1[C@@H](c2c(F)cc(/C=C/C(=O)O)cc2F)c2[nH]c3ccccc3c2C[C@H]1C. The number of carboxylic acids is 1. The number of para-hydroxylation sites is 1. The van der Waals surface area contributed by atoms with Gasteiger partial charge in [-0.1, -0.05) is 31.7 Å². The zero-order chi connectivity index (χ0) is 22.3. The molecule has 1 aliphatic heterocycles. The smallest absolute Gasteiger partial charge is 0.328 e. The van der Waals surface area contributed by atoms with Crippen LogP contribution in [0, 0.1) is 11.6 Å². The fraction of sp³-hybridized carbons (Fsp3) is 0.240. The van der Waals surface area contributed by atoms with Crippen molar-refractivity contribution < 1.29 is 18.7 Å². The highest BCUT2D eigenvalue weighted by Crippen LogP contribution is 2.44. The standard InChI is InChI=1S/C25H24F2N2O2/c1-4-14(2)29-15(3)11-18-17-7-5-6-8-21(17)28-24(18)25(29)23-19(26)12-16(13-20(23)27)9-10-22(30)31/h5-10,12-13,15,25,28H,2,4,11H2,1,3H3,(H,30,31)/b10-9+/t15-,25+/m1/s1. The summed E-state index contributed by atoms with van der Waals surface area (Å²) < 4.78 is 30.7. The molecule has 0 saturated carbocycles. The van der Waals surface area contributed by atoms with Gasteiger partial charge in [0.1, 0.15) is 17.7 Å². The molecule has 0 bridgehead atoms. The third-order valence-corrected chi connectivity index (χ3v) is 5.94. The van der Waals surface area contributed by atoms with Gasteiger partial charge in [-0.15, -0.1) is 0 Å². The van der Waals surface area contributed by atoms with Gasteiger partial charge in [0.25, 0.3) is 0 Å². The maximum Gasteiger partial charge on any atom is 0.328 e. The van der Waals surface area contributed by atoms with Crippen molar-refractivity contribution in [1.82, 2.24) is 9.88 Å². The summed E-state index contributed by atoms with van der Waals surface area (Å²) in [5.74, 6) is -2.62. The van der Waals surface area contributed by atoms with Crippen LogP contribution >= 0.6 is 0 Å². The summed E-state index contributed by atoms with van der Waals surface area (Å²) in [4.78, 5) is 16.2. The topological polar surface area (TPSA) is 56.3 Å². The molecule has 1 aliphatic rings. The third-order valence-electron chi connectivity index (χ3n) is 5.94. The molecule has 2 aromatic carbocycles. The van der Waals surface area contributed by atoms with E-state index in [1.165, 1.54) is 18.2 Å². The van der Waals surface area contributed by atoms with E-state index in [1.54, 1.807) is 0 Å². The molecule has 0 unspecified atom stereocenters. The predicted molar refractivity (Wildman–Crippen MR) is 118 cm³/mol. The number of nitrogens with zero attached hydrogens (tertiary/aromatic N) is 1. The van der Waals surface area contributed by atoms with Crippen molar-refractivity contribution in [2.75, 3.05) is 0 Å². The van der Waals surface area contributed by atoms with E-state index in [0.717, 1.165) is 40.4 Å². The zero-order valence-corrected chi connectivity index (χ0v) is 17.5. The number of carboxylic acid groups (broad SMARTS) is 1. The van der Waals surface area contributed by atoms with E-state index >= 15 is 8.78 Å². The van der Waals surface area contributed by atoms with Crippen LogP contribution in [0.4, 0.5) is 8.78 Å². The Bertz CT molecular complexity index is 1190. The molecule has 0 amide bonds. The molecule has 2 N–H and O–H groups in total. The van der Waals surface area contributed by atoms with Crippen LogP contribution < -0.4 is 0 Å². The first-order chi connectivity index (χ1) is 14.8. The lowest BCUT2D eigenvalue weighted by molar-refractivity contribution is -0.131. The number of halogens is 2. The summed E-state index contributed by atoms with van der Waals surface area (Å²) in [6.45, 7) is 8.18. The number of carbonyl (C=O) groups is 1. The molecule has 0 radical (unpaired) electrons. The van der Waals surface area contributed by atoms with Crippen molar-refractivity contribution in [3.8, 4) is 0 Å². The van der Waals surface area contributed by atoms with Crippen LogP contribution in [0.1, 0.15) is 48.7 Å². The fourth-order valence-electron chi connectivity index (χ4n) is 4.55. The maximum atomic E-state index is 15.3. The van der Waals surface area contributed by atoms with Gasteiger partial charge >= 0.3 is 5.97 Å². The van der Waals surface area contributed by atoms with Crippen LogP contribution in [0.5, 0.6) is 0 Å². The van der Waals surface area contributed by atoms with Crippen LogP contribution in [-0.4, -0.2) is 27.0 Å². The largest absolute Gasteiger partial charge is 0.478 e. The molecule has 4 nitrogen and oxygen atoms in total. The van der Waals surface area contributed by atoms with Crippen molar-refractivity contribution >= 4 is 22.9 Å². The molecule has 4 rings (SSSR count). The first-order valence-electron chi connectivity index (χ1n) is 10.3. The van der Waals surface area contributed by atoms with Gasteiger partial charge in [-0.05, 0) is 55.2 Å². The Morgan fingerprint density at radius 1 is 1.29 bits per heavy atom. The van der Waals surface area contributed by atoms with Crippen molar-refractivity contribution in [2.24, 2.45) is 0 Å². The van der Waals surface area contributed by atoms with E-state index in [-0.39, 0.29) is 17.2 Å². The molecule has 2 heterocycles. The van der Waals surface area contributed by atoms with Crippen LogP contribution in [0.2, 0.25) is 0 Å². The van der Waals surface area contributed by atoms with Gasteiger partial charge in [0.05, 0.1) is 5.56 Å². The van der Waals surface area contributed by atoms with Crippen molar-refractivity contribution in [3.63, 3.8) is 0 Å². The number of fused-ring (bicyclic) bond motifs is 3. The number of hydrogen-bond acceptors (Lipinski definition) is 2. The second-order valence-corrected chi connectivity index (χ2v) is 7.92. The molecule has 31 heavy (non-hydrogen) atoms. The molecule has 0 fully saturated rings. The molecule has 160 valence electrons. The summed E-state index contributed by atoms with van der Waals surface area (Å²) >= 11 is 0. The van der Waals surface area contributed by atoms with Gasteiger partial charge in [-0.3, -0.25) is 0 Å². The van der Waals surface area contributed by atoms with Gasteiger partial charge in [0.2, 0.25) is 0 Å². The Morgan fingerprint density at radius 3 is 2.61 bits per heavy atom. The number of benzene rings is 2.